The lowest BCUT2D eigenvalue weighted by atomic mass is 9.76. The Morgan fingerprint density at radius 1 is 0.974 bits per heavy atom. The molecule has 3 heterocycles. The third-order valence-electron chi connectivity index (χ3n) is 10.1. The minimum Gasteiger partial charge on any atom is -0.440 e. The maximum Gasteiger partial charge on any atom is 0.410 e. The van der Waals surface area contributed by atoms with Crippen molar-refractivity contribution < 1.29 is 14.3 Å². The van der Waals surface area contributed by atoms with Crippen molar-refractivity contribution in [3.63, 3.8) is 0 Å². The number of amides is 2. The second-order valence-electron chi connectivity index (χ2n) is 12.6. The Morgan fingerprint density at radius 2 is 1.63 bits per heavy atom. The summed E-state index contributed by atoms with van der Waals surface area (Å²) in [5.74, 6) is 0.924. The summed E-state index contributed by atoms with van der Waals surface area (Å²) in [5, 5.41) is 0. The molecule has 4 fully saturated rings. The highest BCUT2D eigenvalue weighted by atomic mass is 16.6. The molecule has 1 spiro atoms. The lowest BCUT2D eigenvalue weighted by Gasteiger charge is -2.46. The molecule has 1 atom stereocenters. The van der Waals surface area contributed by atoms with Crippen molar-refractivity contribution in [1.82, 2.24) is 14.7 Å². The lowest BCUT2D eigenvalue weighted by Crippen LogP contribution is -2.56. The van der Waals surface area contributed by atoms with Gasteiger partial charge in [0.25, 0.3) is 5.91 Å². The van der Waals surface area contributed by atoms with Gasteiger partial charge in [-0.3, -0.25) is 9.69 Å². The number of rotatable bonds is 7. The summed E-state index contributed by atoms with van der Waals surface area (Å²) in [7, 11) is 0. The zero-order valence-corrected chi connectivity index (χ0v) is 24.1. The molecule has 0 bridgehead atoms. The predicted octanol–water partition coefficient (Wildman–Crippen LogP) is 6.33. The van der Waals surface area contributed by atoms with E-state index >= 15 is 0 Å². The quantitative estimate of drug-likeness (QED) is 0.419. The molecule has 1 saturated carbocycles. The summed E-state index contributed by atoms with van der Waals surface area (Å²) in [5.41, 5.74) is 2.71. The topological polar surface area (TPSA) is 53.1 Å². The number of aryl methyl sites for hydroxylation is 2. The molecule has 3 aliphatic heterocycles. The van der Waals surface area contributed by atoms with E-state index in [1.165, 1.54) is 32.1 Å². The number of ether oxygens (including phenoxy) is 1. The molecular formula is C32H49N3O3. The third kappa shape index (κ3) is 5.61. The van der Waals surface area contributed by atoms with E-state index < -0.39 is 0 Å². The summed E-state index contributed by atoms with van der Waals surface area (Å²) in [4.78, 5) is 33.2. The van der Waals surface area contributed by atoms with Crippen LogP contribution in [0.5, 0.6) is 0 Å². The number of hydrogen-bond donors (Lipinski definition) is 0. The van der Waals surface area contributed by atoms with Crippen LogP contribution in [0.2, 0.25) is 0 Å². The van der Waals surface area contributed by atoms with E-state index in [9.17, 15) is 9.59 Å². The van der Waals surface area contributed by atoms with E-state index in [1.54, 1.807) is 0 Å². The Balaban J connectivity index is 1.19. The molecule has 1 aromatic carbocycles. The Bertz CT molecular complexity index is 952. The first-order valence-corrected chi connectivity index (χ1v) is 15.5. The molecule has 6 heteroatoms. The normalized spacial score (nSPS) is 25.2. The number of benzene rings is 1. The molecule has 210 valence electrons. The average molecular weight is 524 g/mol. The number of hydrogen-bond acceptors (Lipinski definition) is 4. The molecule has 1 aromatic rings. The lowest BCUT2D eigenvalue weighted by molar-refractivity contribution is -0.0414. The van der Waals surface area contributed by atoms with E-state index in [4.69, 9.17) is 4.74 Å². The molecular weight excluding hydrogens is 474 g/mol. The van der Waals surface area contributed by atoms with Gasteiger partial charge < -0.3 is 14.5 Å². The zero-order chi connectivity index (χ0) is 26.7. The van der Waals surface area contributed by atoms with Crippen LogP contribution in [0.15, 0.2) is 18.2 Å². The van der Waals surface area contributed by atoms with Gasteiger partial charge >= 0.3 is 6.09 Å². The summed E-state index contributed by atoms with van der Waals surface area (Å²) in [6, 6.07) is 6.86. The van der Waals surface area contributed by atoms with Crippen molar-refractivity contribution >= 4 is 12.0 Å². The molecule has 0 aromatic heterocycles. The van der Waals surface area contributed by atoms with Crippen molar-refractivity contribution in [2.75, 3.05) is 32.7 Å². The molecule has 5 rings (SSSR count). The Kier molecular flexibility index (Phi) is 8.66. The smallest absolute Gasteiger partial charge is 0.410 e. The highest BCUT2D eigenvalue weighted by Crippen LogP contribution is 2.44. The number of unbranched alkanes of at least 4 members (excludes halogenated alkanes) is 1. The van der Waals surface area contributed by atoms with Crippen LogP contribution in [0.4, 0.5) is 4.79 Å². The second-order valence-corrected chi connectivity index (χ2v) is 12.6. The van der Waals surface area contributed by atoms with Gasteiger partial charge in [-0.2, -0.15) is 0 Å². The number of carbonyl (C=O) groups excluding carboxylic acids is 2. The highest BCUT2D eigenvalue weighted by molar-refractivity contribution is 5.97. The number of piperidine rings is 2. The minimum atomic E-state index is -0.308. The number of likely N-dealkylation sites (tertiary alicyclic amines) is 2. The summed E-state index contributed by atoms with van der Waals surface area (Å²) >= 11 is 0. The van der Waals surface area contributed by atoms with Gasteiger partial charge in [-0.1, -0.05) is 63.6 Å². The maximum absolute atomic E-state index is 13.3. The van der Waals surface area contributed by atoms with Crippen LogP contribution in [-0.2, 0) is 4.74 Å². The van der Waals surface area contributed by atoms with Gasteiger partial charge in [0.1, 0.15) is 5.60 Å². The number of nitrogens with zero attached hydrogens (tertiary/aromatic N) is 3. The van der Waals surface area contributed by atoms with E-state index in [1.807, 2.05) is 32.0 Å². The maximum atomic E-state index is 13.3. The standard InChI is InChI=1S/C32H49N3O3/c1-4-5-18-35-28(23-26-12-7-6-8-13-26)32(38-31(35)37)16-21-33(22-17-32)27-14-19-34(20-15-27)30(36)29-24(2)10-9-11-25(29)3/h9-11,26-28H,4-8,12-23H2,1-3H3. The van der Waals surface area contributed by atoms with E-state index in [0.717, 1.165) is 100 Å². The van der Waals surface area contributed by atoms with Gasteiger partial charge in [0.05, 0.1) is 6.04 Å². The van der Waals surface area contributed by atoms with Crippen LogP contribution < -0.4 is 0 Å². The fourth-order valence-electron chi connectivity index (χ4n) is 7.81. The Hall–Kier alpha value is -2.08. The van der Waals surface area contributed by atoms with E-state index in [0.29, 0.717) is 6.04 Å². The second kappa shape index (κ2) is 12.0. The molecule has 4 aliphatic rings. The van der Waals surface area contributed by atoms with E-state index in [-0.39, 0.29) is 23.6 Å². The van der Waals surface area contributed by atoms with Crippen molar-refractivity contribution in [2.45, 2.75) is 116 Å². The first-order valence-electron chi connectivity index (χ1n) is 15.5. The summed E-state index contributed by atoms with van der Waals surface area (Å²) in [6.07, 6.45) is 13.8. The largest absolute Gasteiger partial charge is 0.440 e. The van der Waals surface area contributed by atoms with Gasteiger partial charge in [-0.05, 0) is 56.6 Å². The Labute approximate surface area is 230 Å². The van der Waals surface area contributed by atoms with Crippen molar-refractivity contribution in [1.29, 1.82) is 0 Å². The van der Waals surface area contributed by atoms with Crippen LogP contribution in [0.25, 0.3) is 0 Å². The van der Waals surface area contributed by atoms with Crippen molar-refractivity contribution in [3.8, 4) is 0 Å². The Morgan fingerprint density at radius 3 is 2.26 bits per heavy atom. The molecule has 1 unspecified atom stereocenters. The summed E-state index contributed by atoms with van der Waals surface area (Å²) < 4.78 is 6.32. The highest BCUT2D eigenvalue weighted by Gasteiger charge is 2.55. The van der Waals surface area contributed by atoms with Crippen LogP contribution in [-0.4, -0.2) is 77.1 Å². The molecule has 3 saturated heterocycles. The van der Waals surface area contributed by atoms with Gasteiger partial charge in [-0.15, -0.1) is 0 Å². The van der Waals surface area contributed by atoms with Gasteiger partial charge in [-0.25, -0.2) is 4.79 Å². The minimum absolute atomic E-state index is 0.0639. The fraction of sp³-hybridized carbons (Fsp3) is 0.750. The van der Waals surface area contributed by atoms with Crippen molar-refractivity contribution in [2.24, 2.45) is 5.92 Å². The van der Waals surface area contributed by atoms with E-state index in [2.05, 4.69) is 21.6 Å². The molecule has 0 radical (unpaired) electrons. The van der Waals surface area contributed by atoms with Crippen molar-refractivity contribution in [3.05, 3.63) is 34.9 Å². The first kappa shape index (κ1) is 27.5. The monoisotopic (exact) mass is 523 g/mol. The van der Waals surface area contributed by atoms with Crippen LogP contribution in [0.1, 0.15) is 105 Å². The first-order chi connectivity index (χ1) is 18.4. The van der Waals surface area contributed by atoms with Gasteiger partial charge in [0.2, 0.25) is 0 Å². The average Bonchev–Trinajstić information content (AvgIpc) is 3.17. The van der Waals surface area contributed by atoms with Gasteiger partial charge in [0, 0.05) is 57.2 Å². The SMILES string of the molecule is CCCCN1C(=O)OC2(CCN(C3CCN(C(=O)c4c(C)cccc4C)CC3)CC2)C1CC1CCCCC1. The van der Waals surface area contributed by atoms with Crippen LogP contribution in [0, 0.1) is 19.8 Å². The molecule has 2 amide bonds. The fourth-order valence-corrected chi connectivity index (χ4v) is 7.81. The predicted molar refractivity (Wildman–Crippen MR) is 151 cm³/mol. The van der Waals surface area contributed by atoms with Crippen LogP contribution >= 0.6 is 0 Å². The third-order valence-corrected chi connectivity index (χ3v) is 10.1. The van der Waals surface area contributed by atoms with Crippen LogP contribution in [0.3, 0.4) is 0 Å². The molecule has 38 heavy (non-hydrogen) atoms. The number of carbonyl (C=O) groups is 2. The zero-order valence-electron chi connectivity index (χ0n) is 24.1. The molecule has 0 N–H and O–H groups in total. The molecule has 1 aliphatic carbocycles. The molecule has 6 nitrogen and oxygen atoms in total. The summed E-state index contributed by atoms with van der Waals surface area (Å²) in [6.45, 7) is 10.7. The van der Waals surface area contributed by atoms with Gasteiger partial charge in [0.15, 0.2) is 0 Å².